The summed E-state index contributed by atoms with van der Waals surface area (Å²) in [5, 5.41) is 3.28. The quantitative estimate of drug-likeness (QED) is 0.712. The maximum Gasteiger partial charge on any atom is 0.246 e. The van der Waals surface area contributed by atoms with Crippen LogP contribution in [-0.2, 0) is 9.59 Å². The van der Waals surface area contributed by atoms with E-state index in [1.807, 2.05) is 6.92 Å². The molecule has 0 radical (unpaired) electrons. The van der Waals surface area contributed by atoms with Gasteiger partial charge in [0, 0.05) is 19.1 Å². The van der Waals surface area contributed by atoms with E-state index in [0.717, 1.165) is 19.6 Å². The van der Waals surface area contributed by atoms with Crippen molar-refractivity contribution in [2.75, 3.05) is 26.2 Å². The number of nitrogens with zero attached hydrogens (tertiary/aromatic N) is 2. The lowest BCUT2D eigenvalue weighted by atomic mass is 10.2. The van der Waals surface area contributed by atoms with Gasteiger partial charge in [0.2, 0.25) is 11.8 Å². The molecule has 102 valence electrons. The molecule has 2 aliphatic heterocycles. The van der Waals surface area contributed by atoms with E-state index in [2.05, 4.69) is 17.1 Å². The molecule has 2 rings (SSSR count). The highest BCUT2D eigenvalue weighted by atomic mass is 16.2. The van der Waals surface area contributed by atoms with Gasteiger partial charge >= 0.3 is 0 Å². The molecule has 0 bridgehead atoms. The van der Waals surface area contributed by atoms with Gasteiger partial charge in [-0.3, -0.25) is 19.4 Å². The third-order valence-electron chi connectivity index (χ3n) is 4.07. The first-order valence-electron chi connectivity index (χ1n) is 6.99. The fraction of sp³-hybridized carbons (Fsp3) is 0.846. The highest BCUT2D eigenvalue weighted by Gasteiger charge is 2.37. The number of rotatable bonds is 5. The molecule has 2 fully saturated rings. The lowest BCUT2D eigenvalue weighted by Gasteiger charge is -2.24. The summed E-state index contributed by atoms with van der Waals surface area (Å²) in [6.07, 6.45) is 2.75. The van der Waals surface area contributed by atoms with Crippen molar-refractivity contribution >= 4 is 11.8 Å². The Morgan fingerprint density at radius 3 is 2.67 bits per heavy atom. The zero-order chi connectivity index (χ0) is 13.1. The number of imide groups is 1. The second-order valence-electron chi connectivity index (χ2n) is 5.07. The van der Waals surface area contributed by atoms with Gasteiger partial charge in [0.05, 0.1) is 12.5 Å². The second kappa shape index (κ2) is 5.80. The van der Waals surface area contributed by atoms with Crippen LogP contribution in [-0.4, -0.2) is 59.9 Å². The van der Waals surface area contributed by atoms with E-state index in [4.69, 9.17) is 0 Å². The monoisotopic (exact) mass is 253 g/mol. The third-order valence-corrected chi connectivity index (χ3v) is 4.07. The molecule has 0 aromatic rings. The van der Waals surface area contributed by atoms with E-state index in [1.165, 1.54) is 17.7 Å². The molecule has 0 saturated carbocycles. The molecule has 18 heavy (non-hydrogen) atoms. The van der Waals surface area contributed by atoms with Gasteiger partial charge in [-0.2, -0.15) is 0 Å². The van der Waals surface area contributed by atoms with E-state index in [1.54, 1.807) is 0 Å². The summed E-state index contributed by atoms with van der Waals surface area (Å²) in [5.41, 5.74) is 0. The van der Waals surface area contributed by atoms with Crippen LogP contribution in [0, 0.1) is 0 Å². The maximum atomic E-state index is 11.9. The standard InChI is InChI=1S/C13H23N3O2/c1-3-15-7-5-6-10(15)9-14-11-8-12(17)16(4-2)13(11)18/h10-11,14H,3-9H2,1-2H3. The summed E-state index contributed by atoms with van der Waals surface area (Å²) in [7, 11) is 0. The molecule has 2 atom stereocenters. The van der Waals surface area contributed by atoms with Crippen molar-refractivity contribution in [2.24, 2.45) is 0 Å². The van der Waals surface area contributed by atoms with Crippen molar-refractivity contribution < 1.29 is 9.59 Å². The second-order valence-corrected chi connectivity index (χ2v) is 5.07. The lowest BCUT2D eigenvalue weighted by Crippen LogP contribution is -2.45. The van der Waals surface area contributed by atoms with Crippen LogP contribution in [0.4, 0.5) is 0 Å². The first-order chi connectivity index (χ1) is 8.67. The fourth-order valence-corrected chi connectivity index (χ4v) is 3.00. The van der Waals surface area contributed by atoms with E-state index >= 15 is 0 Å². The van der Waals surface area contributed by atoms with Crippen molar-refractivity contribution in [2.45, 2.75) is 45.2 Å². The Morgan fingerprint density at radius 1 is 1.28 bits per heavy atom. The zero-order valence-electron chi connectivity index (χ0n) is 11.3. The largest absolute Gasteiger partial charge is 0.304 e. The molecule has 0 spiro atoms. The summed E-state index contributed by atoms with van der Waals surface area (Å²) < 4.78 is 0. The number of hydrogen-bond acceptors (Lipinski definition) is 4. The lowest BCUT2D eigenvalue weighted by molar-refractivity contribution is -0.138. The van der Waals surface area contributed by atoms with Crippen LogP contribution < -0.4 is 5.32 Å². The Morgan fingerprint density at radius 2 is 2.06 bits per heavy atom. The van der Waals surface area contributed by atoms with Gasteiger partial charge in [-0.1, -0.05) is 6.92 Å². The Balaban J connectivity index is 1.84. The highest BCUT2D eigenvalue weighted by Crippen LogP contribution is 2.17. The van der Waals surface area contributed by atoms with Gasteiger partial charge in [0.25, 0.3) is 0 Å². The number of carbonyl (C=O) groups excluding carboxylic acids is 2. The summed E-state index contributed by atoms with van der Waals surface area (Å²) in [4.78, 5) is 27.3. The van der Waals surface area contributed by atoms with Gasteiger partial charge in [0.1, 0.15) is 0 Å². The molecule has 1 N–H and O–H groups in total. The molecule has 5 nitrogen and oxygen atoms in total. The smallest absolute Gasteiger partial charge is 0.246 e. The molecule has 2 amide bonds. The average Bonchev–Trinajstić information content (AvgIpc) is 2.91. The number of carbonyl (C=O) groups is 2. The Hall–Kier alpha value is -0.940. The van der Waals surface area contributed by atoms with Crippen LogP contribution in [0.15, 0.2) is 0 Å². The average molecular weight is 253 g/mol. The van der Waals surface area contributed by atoms with Gasteiger partial charge in [-0.15, -0.1) is 0 Å². The van der Waals surface area contributed by atoms with E-state index in [-0.39, 0.29) is 17.9 Å². The van der Waals surface area contributed by atoms with Gasteiger partial charge < -0.3 is 5.32 Å². The van der Waals surface area contributed by atoms with Crippen LogP contribution in [0.1, 0.15) is 33.1 Å². The highest BCUT2D eigenvalue weighted by molar-refractivity contribution is 6.05. The molecular formula is C13H23N3O2. The minimum Gasteiger partial charge on any atom is -0.304 e. The molecule has 2 aliphatic rings. The van der Waals surface area contributed by atoms with Crippen molar-refractivity contribution in [3.05, 3.63) is 0 Å². The zero-order valence-corrected chi connectivity index (χ0v) is 11.3. The first-order valence-corrected chi connectivity index (χ1v) is 6.99. The molecule has 0 aromatic heterocycles. The molecule has 0 aliphatic carbocycles. The molecular weight excluding hydrogens is 230 g/mol. The maximum absolute atomic E-state index is 11.9. The van der Waals surface area contributed by atoms with E-state index in [9.17, 15) is 9.59 Å². The van der Waals surface area contributed by atoms with Crippen LogP contribution >= 0.6 is 0 Å². The van der Waals surface area contributed by atoms with E-state index in [0.29, 0.717) is 19.0 Å². The van der Waals surface area contributed by atoms with Crippen LogP contribution in [0.3, 0.4) is 0 Å². The molecule has 5 heteroatoms. The number of likely N-dealkylation sites (N-methyl/N-ethyl adjacent to an activating group) is 2. The van der Waals surface area contributed by atoms with Gasteiger partial charge in [-0.05, 0) is 32.9 Å². The van der Waals surface area contributed by atoms with Crippen molar-refractivity contribution in [1.29, 1.82) is 0 Å². The van der Waals surface area contributed by atoms with Gasteiger partial charge in [-0.25, -0.2) is 0 Å². The fourth-order valence-electron chi connectivity index (χ4n) is 3.00. The normalized spacial score (nSPS) is 29.6. The Kier molecular flexibility index (Phi) is 4.35. The Bertz CT molecular complexity index is 332. The number of amides is 2. The summed E-state index contributed by atoms with van der Waals surface area (Å²) >= 11 is 0. The van der Waals surface area contributed by atoms with Crippen molar-refractivity contribution in [3.8, 4) is 0 Å². The molecule has 2 heterocycles. The number of nitrogens with one attached hydrogen (secondary N) is 1. The summed E-state index contributed by atoms with van der Waals surface area (Å²) in [6, 6.07) is 0.227. The molecule has 0 aromatic carbocycles. The predicted octanol–water partition coefficient (Wildman–Crippen LogP) is 0.208. The SMILES string of the molecule is CCN1C(=O)CC(NCC2CCCN2CC)C1=O. The van der Waals surface area contributed by atoms with Crippen LogP contribution in [0.2, 0.25) is 0 Å². The molecule has 2 saturated heterocycles. The summed E-state index contributed by atoms with van der Waals surface area (Å²) in [5.74, 6) is -0.0951. The summed E-state index contributed by atoms with van der Waals surface area (Å²) in [6.45, 7) is 7.53. The third kappa shape index (κ3) is 2.57. The Labute approximate surface area is 108 Å². The minimum atomic E-state index is -0.295. The minimum absolute atomic E-state index is 0.0428. The number of hydrogen-bond donors (Lipinski definition) is 1. The van der Waals surface area contributed by atoms with Crippen LogP contribution in [0.5, 0.6) is 0 Å². The van der Waals surface area contributed by atoms with Gasteiger partial charge in [0.15, 0.2) is 0 Å². The van der Waals surface area contributed by atoms with E-state index < -0.39 is 0 Å². The van der Waals surface area contributed by atoms with Crippen LogP contribution in [0.25, 0.3) is 0 Å². The van der Waals surface area contributed by atoms with Crippen molar-refractivity contribution in [3.63, 3.8) is 0 Å². The van der Waals surface area contributed by atoms with Crippen molar-refractivity contribution in [1.82, 2.24) is 15.1 Å². The first kappa shape index (κ1) is 13.5. The predicted molar refractivity (Wildman–Crippen MR) is 69.1 cm³/mol. The molecule has 2 unspecified atom stereocenters. The number of likely N-dealkylation sites (tertiary alicyclic amines) is 2. The topological polar surface area (TPSA) is 52.7 Å².